The first-order chi connectivity index (χ1) is 7.57. The number of alkyl halides is 5. The molecular weight excluding hydrogens is 368 g/mol. The van der Waals surface area contributed by atoms with Gasteiger partial charge in [-0.25, -0.2) is 0 Å². The molecule has 1 nitrogen and oxygen atoms in total. The summed E-state index contributed by atoms with van der Waals surface area (Å²) in [6, 6.07) is 0.919. The number of benzene rings is 1. The van der Waals surface area contributed by atoms with E-state index in [1.807, 2.05) is 0 Å². The van der Waals surface area contributed by atoms with Crippen LogP contribution in [0.3, 0.4) is 0 Å². The van der Waals surface area contributed by atoms with Crippen LogP contribution in [0.5, 0.6) is 0 Å². The summed E-state index contributed by atoms with van der Waals surface area (Å²) in [7, 11) is 0. The molecule has 1 aromatic carbocycles. The Balaban J connectivity index is 0.00000289. The van der Waals surface area contributed by atoms with Gasteiger partial charge in [0, 0.05) is 9.50 Å². The zero-order chi connectivity index (χ0) is 13.4. The number of nitrogens with two attached hydrogens (primary N) is 1. The van der Waals surface area contributed by atoms with E-state index in [1.54, 1.807) is 0 Å². The van der Waals surface area contributed by atoms with Crippen LogP contribution in [0.15, 0.2) is 22.7 Å². The third kappa shape index (κ3) is 3.46. The minimum absolute atomic E-state index is 0. The summed E-state index contributed by atoms with van der Waals surface area (Å²) in [6.07, 6.45) is -5.70. The van der Waals surface area contributed by atoms with Crippen LogP contribution in [-0.4, -0.2) is 12.1 Å². The summed E-state index contributed by atoms with van der Waals surface area (Å²) < 4.78 is 62.3. The lowest BCUT2D eigenvalue weighted by Gasteiger charge is -2.26. The fourth-order valence-electron chi connectivity index (χ4n) is 1.13. The van der Waals surface area contributed by atoms with Crippen molar-refractivity contribution in [2.75, 3.05) is 0 Å². The molecule has 0 fully saturated rings. The molecule has 1 rings (SSSR count). The SMILES string of the molecule is Cl.N[C@@H](c1ccc(Cl)cc1Br)C(F)(F)C(F)(F)F. The first kappa shape index (κ1) is 17.9. The average molecular weight is 375 g/mol. The third-order valence-electron chi connectivity index (χ3n) is 2.07. The Hall–Kier alpha value is -0.110. The van der Waals surface area contributed by atoms with E-state index in [4.69, 9.17) is 17.3 Å². The molecule has 0 aromatic heterocycles. The van der Waals surface area contributed by atoms with Crippen molar-refractivity contribution < 1.29 is 22.0 Å². The van der Waals surface area contributed by atoms with Crippen LogP contribution in [-0.2, 0) is 0 Å². The van der Waals surface area contributed by atoms with Gasteiger partial charge in [-0.05, 0) is 17.7 Å². The molecule has 18 heavy (non-hydrogen) atoms. The van der Waals surface area contributed by atoms with Crippen molar-refractivity contribution in [3.8, 4) is 0 Å². The minimum atomic E-state index is -5.70. The van der Waals surface area contributed by atoms with Crippen LogP contribution in [0, 0.1) is 0 Å². The van der Waals surface area contributed by atoms with Gasteiger partial charge in [-0.1, -0.05) is 33.6 Å². The Morgan fingerprint density at radius 2 is 1.67 bits per heavy atom. The Bertz CT molecular complexity index is 424. The maximum atomic E-state index is 13.0. The van der Waals surface area contributed by atoms with E-state index < -0.39 is 18.1 Å². The van der Waals surface area contributed by atoms with Crippen LogP contribution in [0.2, 0.25) is 5.02 Å². The predicted octanol–water partition coefficient (Wildman–Crippen LogP) is 4.72. The van der Waals surface area contributed by atoms with Crippen molar-refractivity contribution in [1.29, 1.82) is 0 Å². The lowest BCUT2D eigenvalue weighted by molar-refractivity contribution is -0.291. The fraction of sp³-hybridized carbons (Fsp3) is 0.333. The van der Waals surface area contributed by atoms with E-state index in [9.17, 15) is 22.0 Å². The standard InChI is InChI=1S/C9H6BrClF5N.ClH/c10-6-3-4(11)1-2-5(6)7(17)8(12,13)9(14,15)16;/h1-3,7H,17H2;1H/t7-;/m0./s1. The fourth-order valence-corrected chi connectivity index (χ4v) is 2.05. The van der Waals surface area contributed by atoms with E-state index in [2.05, 4.69) is 15.9 Å². The molecule has 1 atom stereocenters. The quantitative estimate of drug-likeness (QED) is 0.744. The van der Waals surface area contributed by atoms with Crippen molar-refractivity contribution in [3.63, 3.8) is 0 Å². The Morgan fingerprint density at radius 3 is 2.06 bits per heavy atom. The third-order valence-corrected chi connectivity index (χ3v) is 2.99. The van der Waals surface area contributed by atoms with Gasteiger partial charge in [0.25, 0.3) is 0 Å². The Kier molecular flexibility index (Phi) is 5.86. The largest absolute Gasteiger partial charge is 0.455 e. The van der Waals surface area contributed by atoms with E-state index >= 15 is 0 Å². The van der Waals surface area contributed by atoms with Gasteiger partial charge in [0.2, 0.25) is 0 Å². The van der Waals surface area contributed by atoms with Crippen molar-refractivity contribution in [2.45, 2.75) is 18.1 Å². The van der Waals surface area contributed by atoms with E-state index in [-0.39, 0.29) is 27.5 Å². The molecule has 0 aliphatic rings. The zero-order valence-electron chi connectivity index (χ0n) is 8.44. The number of hydrogen-bond acceptors (Lipinski definition) is 1. The first-order valence-corrected chi connectivity index (χ1v) is 5.39. The minimum Gasteiger partial charge on any atom is -0.319 e. The molecular formula is C9H7BrCl2F5N. The average Bonchev–Trinajstić information content (AvgIpc) is 2.14. The smallest absolute Gasteiger partial charge is 0.319 e. The highest BCUT2D eigenvalue weighted by Gasteiger charge is 2.61. The second kappa shape index (κ2) is 5.90. The van der Waals surface area contributed by atoms with Crippen LogP contribution in [0.25, 0.3) is 0 Å². The van der Waals surface area contributed by atoms with Gasteiger partial charge in [0.15, 0.2) is 0 Å². The second-order valence-corrected chi connectivity index (χ2v) is 4.56. The normalized spacial score (nSPS) is 14.0. The van der Waals surface area contributed by atoms with Crippen molar-refractivity contribution in [2.24, 2.45) is 5.73 Å². The highest BCUT2D eigenvalue weighted by molar-refractivity contribution is 9.10. The molecule has 104 valence electrons. The van der Waals surface area contributed by atoms with Gasteiger partial charge in [0.1, 0.15) is 6.04 Å². The summed E-state index contributed by atoms with van der Waals surface area (Å²) in [6.45, 7) is 0. The summed E-state index contributed by atoms with van der Waals surface area (Å²) >= 11 is 8.39. The maximum Gasteiger partial charge on any atom is 0.455 e. The van der Waals surface area contributed by atoms with Gasteiger partial charge in [0.05, 0.1) is 0 Å². The molecule has 0 bridgehead atoms. The van der Waals surface area contributed by atoms with Crippen LogP contribution < -0.4 is 5.73 Å². The molecule has 1 aromatic rings. The second-order valence-electron chi connectivity index (χ2n) is 3.26. The Morgan fingerprint density at radius 1 is 1.17 bits per heavy atom. The van der Waals surface area contributed by atoms with Crippen LogP contribution in [0.4, 0.5) is 22.0 Å². The zero-order valence-corrected chi connectivity index (χ0v) is 11.6. The van der Waals surface area contributed by atoms with Gasteiger partial charge >= 0.3 is 12.1 Å². The molecule has 0 saturated heterocycles. The number of rotatable bonds is 2. The lowest BCUT2D eigenvalue weighted by atomic mass is 10.0. The predicted molar refractivity (Wildman–Crippen MR) is 64.3 cm³/mol. The summed E-state index contributed by atoms with van der Waals surface area (Å²) in [5.41, 5.74) is 4.60. The summed E-state index contributed by atoms with van der Waals surface area (Å²) in [5.74, 6) is -5.01. The first-order valence-electron chi connectivity index (χ1n) is 4.22. The van der Waals surface area contributed by atoms with E-state index in [0.29, 0.717) is 0 Å². The molecule has 0 amide bonds. The monoisotopic (exact) mass is 373 g/mol. The highest BCUT2D eigenvalue weighted by Crippen LogP contribution is 2.44. The van der Waals surface area contributed by atoms with E-state index in [1.165, 1.54) is 12.1 Å². The molecule has 2 N–H and O–H groups in total. The number of hydrogen-bond donors (Lipinski definition) is 1. The van der Waals surface area contributed by atoms with Crippen LogP contribution in [0.1, 0.15) is 11.6 Å². The molecule has 0 radical (unpaired) electrons. The molecule has 0 unspecified atom stereocenters. The van der Waals surface area contributed by atoms with Gasteiger partial charge in [-0.2, -0.15) is 22.0 Å². The lowest BCUT2D eigenvalue weighted by Crippen LogP contribution is -2.45. The van der Waals surface area contributed by atoms with Gasteiger partial charge in [-0.15, -0.1) is 12.4 Å². The topological polar surface area (TPSA) is 26.0 Å². The molecule has 9 heteroatoms. The summed E-state index contributed by atoms with van der Waals surface area (Å²) in [5, 5.41) is 0.197. The number of halogens is 8. The molecule has 0 aliphatic heterocycles. The summed E-state index contributed by atoms with van der Waals surface area (Å²) in [4.78, 5) is 0. The van der Waals surface area contributed by atoms with Gasteiger partial charge < -0.3 is 5.73 Å². The molecule has 0 heterocycles. The van der Waals surface area contributed by atoms with Crippen molar-refractivity contribution in [3.05, 3.63) is 33.3 Å². The van der Waals surface area contributed by atoms with E-state index in [0.717, 1.165) is 6.07 Å². The Labute approximate surface area is 119 Å². The maximum absolute atomic E-state index is 13.0. The van der Waals surface area contributed by atoms with Crippen LogP contribution >= 0.6 is 39.9 Å². The van der Waals surface area contributed by atoms with Gasteiger partial charge in [-0.3, -0.25) is 0 Å². The highest BCUT2D eigenvalue weighted by atomic mass is 79.9. The van der Waals surface area contributed by atoms with Crippen molar-refractivity contribution >= 4 is 39.9 Å². The van der Waals surface area contributed by atoms with Crippen molar-refractivity contribution in [1.82, 2.24) is 0 Å². The molecule has 0 aliphatic carbocycles. The molecule has 0 spiro atoms. The molecule has 0 saturated carbocycles.